The molecule has 1 saturated heterocycles. The lowest BCUT2D eigenvalue weighted by molar-refractivity contribution is 0.215. The van der Waals surface area contributed by atoms with E-state index in [-0.39, 0.29) is 17.9 Å². The number of epoxide rings is 1. The maximum atomic E-state index is 9.07. The maximum absolute atomic E-state index is 9.07. The zero-order valence-electron chi connectivity index (χ0n) is 7.14. The summed E-state index contributed by atoms with van der Waals surface area (Å²) >= 11 is 0. The minimum Gasteiger partial charge on any atom is -0.394 e. The Morgan fingerprint density at radius 1 is 1.50 bits per heavy atom. The van der Waals surface area contributed by atoms with Crippen molar-refractivity contribution >= 4 is 8.07 Å². The molecule has 1 aliphatic rings. The van der Waals surface area contributed by atoms with Crippen LogP contribution in [0.15, 0.2) is 0 Å². The molecule has 1 rings (SSSR count). The predicted octanol–water partition coefficient (Wildman–Crippen LogP) is 1.01. The molecule has 1 fully saturated rings. The first kappa shape index (κ1) is 8.24. The van der Waals surface area contributed by atoms with E-state index in [0.717, 1.165) is 0 Å². The quantitative estimate of drug-likeness (QED) is 0.483. The van der Waals surface area contributed by atoms with Gasteiger partial charge in [0.1, 0.15) is 5.22 Å². The van der Waals surface area contributed by atoms with E-state index >= 15 is 0 Å². The highest BCUT2D eigenvalue weighted by Crippen LogP contribution is 2.43. The van der Waals surface area contributed by atoms with Crippen molar-refractivity contribution in [2.45, 2.75) is 37.9 Å². The fourth-order valence-corrected chi connectivity index (χ4v) is 3.70. The minimum atomic E-state index is -1.31. The predicted molar refractivity (Wildman–Crippen MR) is 43.7 cm³/mol. The fourth-order valence-electron chi connectivity index (χ4n) is 1.47. The molecule has 1 heterocycles. The van der Waals surface area contributed by atoms with Gasteiger partial charge in [0.25, 0.3) is 0 Å². The van der Waals surface area contributed by atoms with Gasteiger partial charge in [-0.05, 0) is 6.92 Å². The van der Waals surface area contributed by atoms with Gasteiger partial charge in [0.2, 0.25) is 0 Å². The topological polar surface area (TPSA) is 32.8 Å². The third-order valence-electron chi connectivity index (χ3n) is 2.49. The van der Waals surface area contributed by atoms with E-state index in [1.807, 2.05) is 6.92 Å². The normalized spacial score (nSPS) is 39.9. The molecule has 0 saturated carbocycles. The summed E-state index contributed by atoms with van der Waals surface area (Å²) in [4.78, 5) is 0. The van der Waals surface area contributed by atoms with Crippen LogP contribution in [0.1, 0.15) is 6.92 Å². The molecule has 1 aliphatic heterocycles. The molecule has 0 radical (unpaired) electrons. The summed E-state index contributed by atoms with van der Waals surface area (Å²) in [7, 11) is -1.31. The van der Waals surface area contributed by atoms with Gasteiger partial charge in [0, 0.05) is 0 Å². The first-order chi connectivity index (χ1) is 4.44. The van der Waals surface area contributed by atoms with Crippen molar-refractivity contribution in [3.63, 3.8) is 0 Å². The van der Waals surface area contributed by atoms with Crippen LogP contribution in [-0.2, 0) is 4.74 Å². The van der Waals surface area contributed by atoms with Crippen LogP contribution in [-0.4, -0.2) is 31.1 Å². The van der Waals surface area contributed by atoms with E-state index in [2.05, 4.69) is 19.6 Å². The molecule has 2 nitrogen and oxygen atoms in total. The molecule has 0 amide bonds. The van der Waals surface area contributed by atoms with Crippen molar-refractivity contribution in [2.24, 2.45) is 0 Å². The van der Waals surface area contributed by atoms with Gasteiger partial charge in [-0.3, -0.25) is 0 Å². The number of hydrogen-bond acceptors (Lipinski definition) is 2. The highest BCUT2D eigenvalue weighted by atomic mass is 28.3. The molecular formula is C7H16O2Si. The lowest BCUT2D eigenvalue weighted by atomic mass is 10.3. The van der Waals surface area contributed by atoms with Crippen molar-refractivity contribution in [3.05, 3.63) is 0 Å². The number of ether oxygens (including phenoxy) is 1. The monoisotopic (exact) mass is 160 g/mol. The second-order valence-electron chi connectivity index (χ2n) is 4.06. The Morgan fingerprint density at radius 2 is 1.90 bits per heavy atom. The average molecular weight is 160 g/mol. The minimum absolute atomic E-state index is 0.118. The molecule has 10 heavy (non-hydrogen) atoms. The highest BCUT2D eigenvalue weighted by molar-refractivity contribution is 6.79. The molecule has 0 aromatic rings. The van der Waals surface area contributed by atoms with Gasteiger partial charge in [-0.15, -0.1) is 0 Å². The van der Waals surface area contributed by atoms with Gasteiger partial charge in [0.05, 0.1) is 20.8 Å². The standard InChI is InChI=1S/C7H16O2Si/c1-6-7(5-8,9-6)10(2,3)4/h6,8H,5H2,1-4H3/t6-,7-/m0/s1. The second kappa shape index (κ2) is 2.06. The van der Waals surface area contributed by atoms with Crippen molar-refractivity contribution in [1.29, 1.82) is 0 Å². The Kier molecular flexibility index (Phi) is 1.70. The molecule has 60 valence electrons. The SMILES string of the molecule is C[C@@H]1O[C@@]1(CO)[Si](C)(C)C. The highest BCUT2D eigenvalue weighted by Gasteiger charge is 2.61. The lowest BCUT2D eigenvalue weighted by Gasteiger charge is -2.23. The van der Waals surface area contributed by atoms with Gasteiger partial charge >= 0.3 is 0 Å². The largest absolute Gasteiger partial charge is 0.394 e. The fraction of sp³-hybridized carbons (Fsp3) is 1.00. The average Bonchev–Trinajstić information content (AvgIpc) is 2.40. The van der Waals surface area contributed by atoms with Gasteiger partial charge in [-0.25, -0.2) is 0 Å². The van der Waals surface area contributed by atoms with Crippen LogP contribution in [0.4, 0.5) is 0 Å². The number of aliphatic hydroxyl groups is 1. The van der Waals surface area contributed by atoms with Crippen LogP contribution >= 0.6 is 0 Å². The van der Waals surface area contributed by atoms with Crippen molar-refractivity contribution in [3.8, 4) is 0 Å². The van der Waals surface area contributed by atoms with E-state index in [9.17, 15) is 0 Å². The molecule has 0 spiro atoms. The van der Waals surface area contributed by atoms with Crippen LogP contribution in [0.3, 0.4) is 0 Å². The first-order valence-corrected chi connectivity index (χ1v) is 7.23. The lowest BCUT2D eigenvalue weighted by Crippen LogP contribution is -2.46. The summed E-state index contributed by atoms with van der Waals surface area (Å²) in [5.74, 6) is 0. The zero-order chi connectivity index (χ0) is 7.99. The number of hydrogen-bond donors (Lipinski definition) is 1. The molecule has 0 aromatic heterocycles. The summed E-state index contributed by atoms with van der Waals surface area (Å²) in [5, 5.41) is 8.95. The zero-order valence-corrected chi connectivity index (χ0v) is 8.14. The summed E-state index contributed by atoms with van der Waals surface area (Å²) in [6, 6.07) is 0. The van der Waals surface area contributed by atoms with Crippen LogP contribution in [0, 0.1) is 0 Å². The number of aliphatic hydroxyl groups excluding tert-OH is 1. The van der Waals surface area contributed by atoms with E-state index in [1.165, 1.54) is 0 Å². The maximum Gasteiger partial charge on any atom is 0.106 e. The van der Waals surface area contributed by atoms with Gasteiger partial charge in [-0.2, -0.15) is 0 Å². The molecule has 0 aliphatic carbocycles. The van der Waals surface area contributed by atoms with Crippen LogP contribution in [0.5, 0.6) is 0 Å². The van der Waals surface area contributed by atoms with Crippen molar-refractivity contribution in [1.82, 2.24) is 0 Å². The Labute approximate surface area is 63.2 Å². The van der Waals surface area contributed by atoms with E-state index in [1.54, 1.807) is 0 Å². The third kappa shape index (κ3) is 0.928. The molecule has 0 aromatic carbocycles. The van der Waals surface area contributed by atoms with Crippen molar-refractivity contribution < 1.29 is 9.84 Å². The summed E-state index contributed by atoms with van der Waals surface area (Å²) in [5.41, 5.74) is 0. The van der Waals surface area contributed by atoms with E-state index < -0.39 is 8.07 Å². The van der Waals surface area contributed by atoms with Gasteiger partial charge in [0.15, 0.2) is 0 Å². The van der Waals surface area contributed by atoms with Crippen LogP contribution < -0.4 is 0 Å². The Balaban J connectivity index is 2.69. The summed E-state index contributed by atoms with van der Waals surface area (Å²) in [6.45, 7) is 8.92. The van der Waals surface area contributed by atoms with E-state index in [4.69, 9.17) is 9.84 Å². The van der Waals surface area contributed by atoms with Gasteiger partial charge in [-0.1, -0.05) is 19.6 Å². The molecule has 2 atom stereocenters. The summed E-state index contributed by atoms with van der Waals surface area (Å²) < 4.78 is 5.43. The molecule has 0 bridgehead atoms. The van der Waals surface area contributed by atoms with Crippen LogP contribution in [0.25, 0.3) is 0 Å². The molecule has 3 heteroatoms. The first-order valence-electron chi connectivity index (χ1n) is 3.73. The molecule has 0 unspecified atom stereocenters. The van der Waals surface area contributed by atoms with E-state index in [0.29, 0.717) is 0 Å². The molecular weight excluding hydrogens is 144 g/mol. The van der Waals surface area contributed by atoms with Crippen LogP contribution in [0.2, 0.25) is 19.6 Å². The Hall–Kier alpha value is 0.137. The Bertz CT molecular complexity index is 137. The number of rotatable bonds is 2. The second-order valence-corrected chi connectivity index (χ2v) is 9.40. The third-order valence-corrected chi connectivity index (χ3v) is 5.71. The van der Waals surface area contributed by atoms with Gasteiger partial charge < -0.3 is 9.84 Å². The molecule has 1 N–H and O–H groups in total. The summed E-state index contributed by atoms with van der Waals surface area (Å²) in [6.07, 6.45) is 0.282. The Morgan fingerprint density at radius 3 is 1.90 bits per heavy atom. The van der Waals surface area contributed by atoms with Crippen molar-refractivity contribution in [2.75, 3.05) is 6.61 Å². The smallest absolute Gasteiger partial charge is 0.106 e.